The van der Waals surface area contributed by atoms with Gasteiger partial charge in [-0.3, -0.25) is 4.79 Å². The van der Waals surface area contributed by atoms with Crippen LogP contribution < -0.4 is 5.76 Å². The van der Waals surface area contributed by atoms with E-state index in [0.29, 0.717) is 0 Å². The van der Waals surface area contributed by atoms with Crippen molar-refractivity contribution in [2.24, 2.45) is 0 Å². The summed E-state index contributed by atoms with van der Waals surface area (Å²) in [7, 11) is 0. The Kier molecular flexibility index (Phi) is 3.57. The van der Waals surface area contributed by atoms with Crippen molar-refractivity contribution in [3.63, 3.8) is 0 Å². The van der Waals surface area contributed by atoms with E-state index in [1.165, 1.54) is 11.3 Å². The summed E-state index contributed by atoms with van der Waals surface area (Å²) in [6, 6.07) is 3.61. The lowest BCUT2D eigenvalue weighted by Gasteiger charge is -2.18. The minimum absolute atomic E-state index is 0.212. The predicted molar refractivity (Wildman–Crippen MR) is 69.9 cm³/mol. The lowest BCUT2D eigenvalue weighted by atomic mass is 10.2. The van der Waals surface area contributed by atoms with Crippen LogP contribution in [0.3, 0.4) is 0 Å². The summed E-state index contributed by atoms with van der Waals surface area (Å²) >= 11 is 1.40. The molecule has 0 aliphatic heterocycles. The quantitative estimate of drug-likeness (QED) is 0.804. The molecule has 102 valence electrons. The van der Waals surface area contributed by atoms with Gasteiger partial charge in [-0.1, -0.05) is 6.07 Å². The number of ether oxygens (including phenoxy) is 1. The monoisotopic (exact) mass is 282 g/mol. The molecule has 0 saturated carbocycles. The van der Waals surface area contributed by atoms with Gasteiger partial charge in [-0.15, -0.1) is 16.4 Å². The van der Waals surface area contributed by atoms with Gasteiger partial charge >= 0.3 is 11.7 Å². The Labute approximate surface area is 113 Å². The molecular weight excluding hydrogens is 268 g/mol. The first-order chi connectivity index (χ1) is 8.85. The maximum atomic E-state index is 11.6. The molecule has 0 unspecified atom stereocenters. The molecule has 0 bridgehead atoms. The third kappa shape index (κ3) is 3.54. The Morgan fingerprint density at radius 1 is 1.53 bits per heavy atom. The number of nitrogens with zero attached hydrogens (tertiary/aromatic N) is 2. The van der Waals surface area contributed by atoms with Crippen LogP contribution >= 0.6 is 11.3 Å². The fraction of sp³-hybridized carbons (Fsp3) is 0.417. The third-order valence-electron chi connectivity index (χ3n) is 2.04. The van der Waals surface area contributed by atoms with E-state index in [4.69, 9.17) is 9.15 Å². The van der Waals surface area contributed by atoms with Crippen molar-refractivity contribution in [3.05, 3.63) is 28.1 Å². The zero-order valence-electron chi connectivity index (χ0n) is 10.9. The summed E-state index contributed by atoms with van der Waals surface area (Å²) < 4.78 is 11.1. The normalized spacial score (nSPS) is 11.5. The second-order valence-corrected chi connectivity index (χ2v) is 5.84. The van der Waals surface area contributed by atoms with E-state index in [-0.39, 0.29) is 12.4 Å². The van der Waals surface area contributed by atoms with Crippen molar-refractivity contribution < 1.29 is 13.9 Å². The maximum absolute atomic E-state index is 11.6. The van der Waals surface area contributed by atoms with Crippen molar-refractivity contribution in [1.82, 2.24) is 9.78 Å². The topological polar surface area (TPSA) is 74.3 Å². The third-order valence-corrected chi connectivity index (χ3v) is 2.89. The fourth-order valence-corrected chi connectivity index (χ4v) is 2.05. The van der Waals surface area contributed by atoms with Gasteiger partial charge in [-0.05, 0) is 32.2 Å². The van der Waals surface area contributed by atoms with Gasteiger partial charge in [-0.2, -0.15) is 4.68 Å². The first kappa shape index (κ1) is 13.5. The maximum Gasteiger partial charge on any atom is 0.437 e. The van der Waals surface area contributed by atoms with Crippen LogP contribution in [0.4, 0.5) is 0 Å². The zero-order valence-corrected chi connectivity index (χ0v) is 11.7. The van der Waals surface area contributed by atoms with E-state index < -0.39 is 17.3 Å². The molecule has 0 amide bonds. The summed E-state index contributed by atoms with van der Waals surface area (Å²) in [5.74, 6) is -0.988. The van der Waals surface area contributed by atoms with Gasteiger partial charge in [-0.25, -0.2) is 4.79 Å². The van der Waals surface area contributed by atoms with Crippen molar-refractivity contribution in [3.8, 4) is 10.8 Å². The lowest BCUT2D eigenvalue weighted by Crippen LogP contribution is -2.29. The molecule has 2 aromatic rings. The van der Waals surface area contributed by atoms with Crippen molar-refractivity contribution in [2.75, 3.05) is 0 Å². The average Bonchev–Trinajstić information content (AvgIpc) is 2.85. The largest absolute Gasteiger partial charge is 0.459 e. The summed E-state index contributed by atoms with van der Waals surface area (Å²) in [4.78, 5) is 23.9. The summed E-state index contributed by atoms with van der Waals surface area (Å²) in [5, 5.41) is 5.82. The Bertz CT molecular complexity index is 619. The number of rotatable bonds is 3. The number of hydrogen-bond acceptors (Lipinski definition) is 6. The predicted octanol–water partition coefficient (Wildman–Crippen LogP) is 1.91. The molecule has 19 heavy (non-hydrogen) atoms. The van der Waals surface area contributed by atoms with Gasteiger partial charge in [0.2, 0.25) is 0 Å². The van der Waals surface area contributed by atoms with Crippen LogP contribution in [0.5, 0.6) is 0 Å². The highest BCUT2D eigenvalue weighted by atomic mass is 32.1. The number of carbonyl (C=O) groups excluding carboxylic acids is 1. The zero-order chi connectivity index (χ0) is 14.0. The van der Waals surface area contributed by atoms with Crippen LogP contribution in [0.1, 0.15) is 20.8 Å². The summed E-state index contributed by atoms with van der Waals surface area (Å²) in [6.45, 7) is 5.01. The van der Waals surface area contributed by atoms with E-state index in [2.05, 4.69) is 5.10 Å². The minimum Gasteiger partial charge on any atom is -0.459 e. The Hall–Kier alpha value is -1.89. The molecule has 2 heterocycles. The van der Waals surface area contributed by atoms with Crippen LogP contribution in [-0.2, 0) is 16.1 Å². The second kappa shape index (κ2) is 5.00. The first-order valence-corrected chi connectivity index (χ1v) is 6.57. The Morgan fingerprint density at radius 3 is 2.84 bits per heavy atom. The highest BCUT2D eigenvalue weighted by Crippen LogP contribution is 2.21. The first-order valence-electron chi connectivity index (χ1n) is 5.69. The number of hydrogen-bond donors (Lipinski definition) is 0. The van der Waals surface area contributed by atoms with E-state index in [9.17, 15) is 9.59 Å². The van der Waals surface area contributed by atoms with Gasteiger partial charge in [0, 0.05) is 0 Å². The van der Waals surface area contributed by atoms with Gasteiger partial charge in [0.25, 0.3) is 5.89 Å². The smallest absolute Gasteiger partial charge is 0.437 e. The van der Waals surface area contributed by atoms with E-state index >= 15 is 0 Å². The molecule has 0 spiro atoms. The summed E-state index contributed by atoms with van der Waals surface area (Å²) in [6.07, 6.45) is 0. The van der Waals surface area contributed by atoms with Crippen LogP contribution in [0.2, 0.25) is 0 Å². The van der Waals surface area contributed by atoms with E-state index in [0.717, 1.165) is 9.56 Å². The lowest BCUT2D eigenvalue weighted by molar-refractivity contribution is -0.155. The highest BCUT2D eigenvalue weighted by Gasteiger charge is 2.19. The molecule has 0 fully saturated rings. The van der Waals surface area contributed by atoms with Gasteiger partial charge in [0.15, 0.2) is 0 Å². The number of esters is 1. The standard InChI is InChI=1S/C12H14N2O4S/c1-12(2,3)18-9(15)7-14-11(16)17-10(13-14)8-5-4-6-19-8/h4-6H,7H2,1-3H3. The molecule has 0 aliphatic carbocycles. The number of carbonyl (C=O) groups is 1. The van der Waals surface area contributed by atoms with Crippen LogP contribution in [-0.4, -0.2) is 21.4 Å². The number of aromatic nitrogens is 2. The minimum atomic E-state index is -0.672. The van der Waals surface area contributed by atoms with E-state index in [1.807, 2.05) is 11.4 Å². The van der Waals surface area contributed by atoms with Crippen LogP contribution in [0.15, 0.2) is 26.7 Å². The molecule has 0 aliphatic rings. The summed E-state index contributed by atoms with van der Waals surface area (Å²) in [5.41, 5.74) is -0.596. The molecule has 2 aromatic heterocycles. The molecule has 0 N–H and O–H groups in total. The second-order valence-electron chi connectivity index (χ2n) is 4.89. The SMILES string of the molecule is CC(C)(C)OC(=O)Cn1nc(-c2cccs2)oc1=O. The molecule has 0 radical (unpaired) electrons. The Balaban J connectivity index is 2.14. The average molecular weight is 282 g/mol. The molecule has 2 rings (SSSR count). The van der Waals surface area contributed by atoms with Gasteiger partial charge in [0.1, 0.15) is 12.1 Å². The van der Waals surface area contributed by atoms with Crippen LogP contribution in [0.25, 0.3) is 10.8 Å². The Morgan fingerprint density at radius 2 is 2.26 bits per heavy atom. The molecule has 6 nitrogen and oxygen atoms in total. The molecule has 7 heteroatoms. The molecule has 0 atom stereocenters. The van der Waals surface area contributed by atoms with E-state index in [1.54, 1.807) is 26.8 Å². The van der Waals surface area contributed by atoms with Crippen molar-refractivity contribution >= 4 is 17.3 Å². The van der Waals surface area contributed by atoms with Crippen LogP contribution in [0, 0.1) is 0 Å². The molecular formula is C12H14N2O4S. The highest BCUT2D eigenvalue weighted by molar-refractivity contribution is 7.13. The van der Waals surface area contributed by atoms with Gasteiger partial charge in [0.05, 0.1) is 4.88 Å². The van der Waals surface area contributed by atoms with Gasteiger partial charge < -0.3 is 9.15 Å². The van der Waals surface area contributed by atoms with Crippen molar-refractivity contribution in [2.45, 2.75) is 32.9 Å². The molecule has 0 aromatic carbocycles. The molecule has 0 saturated heterocycles. The fourth-order valence-electron chi connectivity index (χ4n) is 1.40. The number of thiophene rings is 1. The van der Waals surface area contributed by atoms with Crippen molar-refractivity contribution in [1.29, 1.82) is 0 Å².